The fraction of sp³-hybridized carbons (Fsp3) is 0.762. The van der Waals surface area contributed by atoms with E-state index in [1.165, 1.54) is 4.90 Å². The molecule has 7 N–H and O–H groups in total. The van der Waals surface area contributed by atoms with E-state index in [4.69, 9.17) is 5.73 Å². The normalized spacial score (nSPS) is 27.8. The van der Waals surface area contributed by atoms with Gasteiger partial charge in [-0.2, -0.15) is 0 Å². The third-order valence-electron chi connectivity index (χ3n) is 5.92. The molecule has 0 spiro atoms. The summed E-state index contributed by atoms with van der Waals surface area (Å²) < 4.78 is 0. The maximum atomic E-state index is 12.8. The van der Waals surface area contributed by atoms with Crippen LogP contribution in [0.5, 0.6) is 0 Å². The quantitative estimate of drug-likeness (QED) is 0.230. The molecule has 0 bridgehead atoms. The highest BCUT2D eigenvalue weighted by Crippen LogP contribution is 2.19. The molecular weight excluding hydrogens is 432 g/mol. The fourth-order valence-electron chi connectivity index (χ4n) is 3.79. The third kappa shape index (κ3) is 7.13. The van der Waals surface area contributed by atoms with Crippen molar-refractivity contribution in [2.24, 2.45) is 11.7 Å². The van der Waals surface area contributed by atoms with Gasteiger partial charge in [0.1, 0.15) is 24.2 Å². The molecule has 2 saturated heterocycles. The monoisotopic (exact) mass is 468 g/mol. The van der Waals surface area contributed by atoms with Crippen LogP contribution in [0.4, 0.5) is 0 Å². The SMILES string of the molecule is CC(C)[C@@H]1NC(=O)[C@@H]2CCN2C(=O)CCNC(=O)[C@H](CCCCN)NC(=O)[C@H](CO)NC1=O. The number of aliphatic hydroxyl groups is 1. The van der Waals surface area contributed by atoms with Crippen molar-refractivity contribution < 1.29 is 29.1 Å². The lowest BCUT2D eigenvalue weighted by Crippen LogP contribution is -2.63. The van der Waals surface area contributed by atoms with Crippen LogP contribution in [-0.2, 0) is 24.0 Å². The van der Waals surface area contributed by atoms with Gasteiger partial charge in [-0.15, -0.1) is 0 Å². The van der Waals surface area contributed by atoms with Gasteiger partial charge in [-0.3, -0.25) is 24.0 Å². The molecule has 2 aliphatic heterocycles. The van der Waals surface area contributed by atoms with Crippen molar-refractivity contribution in [2.45, 2.75) is 70.1 Å². The number of carbonyl (C=O) groups is 5. The highest BCUT2D eigenvalue weighted by Gasteiger charge is 2.39. The zero-order chi connectivity index (χ0) is 24.5. The van der Waals surface area contributed by atoms with Gasteiger partial charge in [0.2, 0.25) is 29.5 Å². The van der Waals surface area contributed by atoms with Gasteiger partial charge in [-0.05, 0) is 38.1 Å². The molecule has 0 saturated carbocycles. The van der Waals surface area contributed by atoms with Crippen molar-refractivity contribution in [1.82, 2.24) is 26.2 Å². The number of nitrogens with one attached hydrogen (secondary N) is 4. The Morgan fingerprint density at radius 3 is 2.24 bits per heavy atom. The van der Waals surface area contributed by atoms with Crippen molar-refractivity contribution in [2.75, 3.05) is 26.2 Å². The van der Waals surface area contributed by atoms with Crippen LogP contribution in [0.3, 0.4) is 0 Å². The summed E-state index contributed by atoms with van der Waals surface area (Å²) in [5.74, 6) is -2.87. The molecule has 2 fully saturated rings. The van der Waals surface area contributed by atoms with Crippen LogP contribution < -0.4 is 27.0 Å². The first-order chi connectivity index (χ1) is 15.7. The minimum atomic E-state index is -1.30. The Balaban J connectivity index is 2.25. The summed E-state index contributed by atoms with van der Waals surface area (Å²) in [4.78, 5) is 64.9. The number of aliphatic hydroxyl groups excluding tert-OH is 1. The molecule has 0 radical (unpaired) electrons. The summed E-state index contributed by atoms with van der Waals surface area (Å²) in [6, 6.07) is -3.85. The van der Waals surface area contributed by atoms with Crippen LogP contribution in [0, 0.1) is 5.92 Å². The average molecular weight is 469 g/mol. The van der Waals surface area contributed by atoms with Crippen LogP contribution in [0.2, 0.25) is 0 Å². The van der Waals surface area contributed by atoms with Gasteiger partial charge in [0, 0.05) is 19.5 Å². The van der Waals surface area contributed by atoms with E-state index < -0.39 is 54.4 Å². The highest BCUT2D eigenvalue weighted by atomic mass is 16.3. The average Bonchev–Trinajstić information content (AvgIpc) is 2.73. The summed E-state index contributed by atoms with van der Waals surface area (Å²) >= 11 is 0. The molecule has 0 aromatic heterocycles. The molecule has 5 amide bonds. The summed E-state index contributed by atoms with van der Waals surface area (Å²) in [7, 11) is 0. The van der Waals surface area contributed by atoms with E-state index in [2.05, 4.69) is 21.3 Å². The Hall–Kier alpha value is -2.73. The zero-order valence-electron chi connectivity index (χ0n) is 19.3. The van der Waals surface area contributed by atoms with Crippen LogP contribution in [-0.4, -0.2) is 90.0 Å². The van der Waals surface area contributed by atoms with Crippen LogP contribution in [0.25, 0.3) is 0 Å². The molecule has 0 aliphatic carbocycles. The summed E-state index contributed by atoms with van der Waals surface area (Å²) in [5, 5.41) is 20.0. The van der Waals surface area contributed by atoms with E-state index >= 15 is 0 Å². The van der Waals surface area contributed by atoms with E-state index in [9.17, 15) is 29.1 Å². The molecule has 2 heterocycles. The standard InChI is InChI=1S/C21H36N6O6/c1-12(2)17-21(33)25-14(11-28)19(31)24-13(5-3-4-8-22)18(30)23-9-6-16(29)27-10-7-15(27)20(32)26-17/h12-15,17,28H,3-11,22H2,1-2H3,(H,23,30)(H,24,31)(H,25,33)(H,26,32)/t13-,14-,15-,17-/m0/s1. The number of carbonyl (C=O) groups excluding carboxylic acids is 5. The molecule has 12 nitrogen and oxygen atoms in total. The van der Waals surface area contributed by atoms with E-state index in [0.717, 1.165) is 0 Å². The number of nitrogens with two attached hydrogens (primary N) is 1. The molecule has 2 aliphatic rings. The Bertz CT molecular complexity index is 745. The minimum absolute atomic E-state index is 0.00630. The van der Waals surface area contributed by atoms with Gasteiger partial charge in [0.05, 0.1) is 6.61 Å². The van der Waals surface area contributed by atoms with E-state index in [-0.39, 0.29) is 24.8 Å². The first-order valence-corrected chi connectivity index (χ1v) is 11.5. The fourth-order valence-corrected chi connectivity index (χ4v) is 3.79. The summed E-state index contributed by atoms with van der Waals surface area (Å²) in [5.41, 5.74) is 5.52. The van der Waals surface area contributed by atoms with Crippen LogP contribution in [0.1, 0.15) is 46.0 Å². The first kappa shape index (κ1) is 26.5. The second kappa shape index (κ2) is 12.5. The molecule has 0 unspecified atom stereocenters. The van der Waals surface area contributed by atoms with Gasteiger partial charge in [0.25, 0.3) is 0 Å². The van der Waals surface area contributed by atoms with Gasteiger partial charge in [-0.1, -0.05) is 13.8 Å². The van der Waals surface area contributed by atoms with Crippen LogP contribution in [0.15, 0.2) is 0 Å². The minimum Gasteiger partial charge on any atom is -0.394 e. The second-order valence-electron chi connectivity index (χ2n) is 8.75. The van der Waals surface area contributed by atoms with Gasteiger partial charge >= 0.3 is 0 Å². The third-order valence-corrected chi connectivity index (χ3v) is 5.92. The largest absolute Gasteiger partial charge is 0.394 e. The number of hydrogen-bond donors (Lipinski definition) is 6. The lowest BCUT2D eigenvalue weighted by molar-refractivity contribution is -0.148. The number of rotatable bonds is 6. The molecule has 186 valence electrons. The highest BCUT2D eigenvalue weighted by molar-refractivity contribution is 5.96. The maximum absolute atomic E-state index is 12.8. The molecule has 4 atom stereocenters. The molecule has 0 aromatic rings. The lowest BCUT2D eigenvalue weighted by Gasteiger charge is -2.40. The molecule has 12 heteroatoms. The number of fused-ring (bicyclic) bond motifs is 1. The Labute approximate surface area is 193 Å². The van der Waals surface area contributed by atoms with Crippen molar-refractivity contribution >= 4 is 29.5 Å². The molecule has 33 heavy (non-hydrogen) atoms. The van der Waals surface area contributed by atoms with Gasteiger partial charge in [-0.25, -0.2) is 0 Å². The van der Waals surface area contributed by atoms with E-state index in [0.29, 0.717) is 38.8 Å². The van der Waals surface area contributed by atoms with Gasteiger partial charge in [0.15, 0.2) is 0 Å². The van der Waals surface area contributed by atoms with Crippen molar-refractivity contribution in [3.05, 3.63) is 0 Å². The van der Waals surface area contributed by atoms with Crippen molar-refractivity contribution in [3.63, 3.8) is 0 Å². The molecule has 2 rings (SSSR count). The number of amides is 5. The Kier molecular flexibility index (Phi) is 10.0. The second-order valence-corrected chi connectivity index (χ2v) is 8.75. The van der Waals surface area contributed by atoms with E-state index in [1.54, 1.807) is 13.8 Å². The van der Waals surface area contributed by atoms with Gasteiger partial charge < -0.3 is 37.0 Å². The summed E-state index contributed by atoms with van der Waals surface area (Å²) in [6.07, 6.45) is 2.03. The summed E-state index contributed by atoms with van der Waals surface area (Å²) in [6.45, 7) is 3.70. The topological polar surface area (TPSA) is 183 Å². The smallest absolute Gasteiger partial charge is 0.245 e. The number of nitrogens with zero attached hydrogens (tertiary/aromatic N) is 1. The van der Waals surface area contributed by atoms with Crippen molar-refractivity contribution in [3.8, 4) is 0 Å². The molecule has 0 aromatic carbocycles. The van der Waals surface area contributed by atoms with Crippen molar-refractivity contribution in [1.29, 1.82) is 0 Å². The van der Waals surface area contributed by atoms with E-state index in [1.807, 2.05) is 0 Å². The maximum Gasteiger partial charge on any atom is 0.245 e. The predicted molar refractivity (Wildman–Crippen MR) is 118 cm³/mol. The number of unbranched alkanes of at least 4 members (excludes halogenated alkanes) is 1. The van der Waals surface area contributed by atoms with Crippen LogP contribution >= 0.6 is 0 Å². The lowest BCUT2D eigenvalue weighted by atomic mass is 9.98. The molecular formula is C21H36N6O6. The zero-order valence-corrected chi connectivity index (χ0v) is 19.3. The Morgan fingerprint density at radius 1 is 0.970 bits per heavy atom. The first-order valence-electron chi connectivity index (χ1n) is 11.5. The predicted octanol–water partition coefficient (Wildman–Crippen LogP) is -2.66. The number of hydrogen-bond acceptors (Lipinski definition) is 7. The Morgan fingerprint density at radius 2 is 1.67 bits per heavy atom.